The minimum absolute atomic E-state index is 0.197. The minimum Gasteiger partial charge on any atom is -0.379 e. The number of aliphatic hydroxyl groups is 1. The number of nitrogens with zero attached hydrogens (tertiary/aromatic N) is 4. The fourth-order valence-corrected chi connectivity index (χ4v) is 16.6. The fraction of sp³-hybridized carbons (Fsp3) is 0.118. The zero-order chi connectivity index (χ0) is 41.6. The van der Waals surface area contributed by atoms with Crippen molar-refractivity contribution < 1.29 is 9.90 Å². The molecule has 8 nitrogen and oxygen atoms in total. The van der Waals surface area contributed by atoms with Crippen molar-refractivity contribution >= 4 is 43.1 Å². The van der Waals surface area contributed by atoms with E-state index in [4.69, 9.17) is 0 Å². The van der Waals surface area contributed by atoms with Crippen molar-refractivity contribution in [2.24, 2.45) is 0 Å². The maximum atomic E-state index is 15.2. The second-order valence-corrected chi connectivity index (χ2v) is 19.9. The normalized spacial score (nSPS) is 20.2. The van der Waals surface area contributed by atoms with Crippen LogP contribution in [0.25, 0.3) is 10.8 Å². The second-order valence-electron chi connectivity index (χ2n) is 15.3. The lowest BCUT2D eigenvalue weighted by Crippen LogP contribution is -2.44. The zero-order valence-electron chi connectivity index (χ0n) is 33.3. The van der Waals surface area contributed by atoms with Crippen LogP contribution in [0.4, 0.5) is 0 Å². The van der Waals surface area contributed by atoms with Crippen LogP contribution in [0.5, 0.6) is 0 Å². The van der Waals surface area contributed by atoms with Crippen molar-refractivity contribution in [3.63, 3.8) is 0 Å². The lowest BCUT2D eigenvalue weighted by atomic mass is 10.1. The first-order valence-electron chi connectivity index (χ1n) is 20.4. The smallest absolute Gasteiger partial charge is 0.274 e. The molecule has 1 fully saturated rings. The summed E-state index contributed by atoms with van der Waals surface area (Å²) in [5.74, 6) is -2.17. The molecule has 0 bridgehead atoms. The first-order chi connectivity index (χ1) is 30.0. The number of hydrogen-bond donors (Lipinski definition) is 1. The number of benzene rings is 7. The summed E-state index contributed by atoms with van der Waals surface area (Å²) in [7, 11) is -2.95. The fourth-order valence-electron chi connectivity index (χ4n) is 9.26. The third-order valence-electron chi connectivity index (χ3n) is 11.9. The SMILES string of the molecule is Cc1ccccc1C(=O)N1[C@@H](c2ccccc2)P(c2ccccc2P2[C@H](c3ccccc3)n3c(=O)c4ccccc4c(=O)n3[C@H]2c2ccccc2)[C@H](c2ccccc2)N1CO. The van der Waals surface area contributed by atoms with Gasteiger partial charge in [0, 0.05) is 5.56 Å². The van der Waals surface area contributed by atoms with E-state index in [9.17, 15) is 5.11 Å². The molecule has 0 spiro atoms. The first-order valence-corrected chi connectivity index (χ1v) is 23.3. The van der Waals surface area contributed by atoms with Crippen LogP contribution in [-0.4, -0.2) is 37.1 Å². The van der Waals surface area contributed by atoms with Gasteiger partial charge < -0.3 is 5.11 Å². The summed E-state index contributed by atoms with van der Waals surface area (Å²) in [6.07, 6.45) is 0. The third kappa shape index (κ3) is 6.50. The van der Waals surface area contributed by atoms with Gasteiger partial charge in [0.1, 0.15) is 18.3 Å². The monoisotopic (exact) mass is 836 g/mol. The van der Waals surface area contributed by atoms with Crippen molar-refractivity contribution in [1.29, 1.82) is 0 Å². The number of amides is 1. The van der Waals surface area contributed by atoms with Crippen LogP contribution < -0.4 is 21.7 Å². The number of hydrazine groups is 1. The molecule has 8 aromatic rings. The van der Waals surface area contributed by atoms with E-state index in [1.807, 2.05) is 121 Å². The maximum absolute atomic E-state index is 15.2. The molecule has 5 atom stereocenters. The van der Waals surface area contributed by atoms with Crippen molar-refractivity contribution in [1.82, 2.24) is 19.4 Å². The van der Waals surface area contributed by atoms with Crippen molar-refractivity contribution in [3.05, 3.63) is 248 Å². The van der Waals surface area contributed by atoms with E-state index in [0.29, 0.717) is 16.3 Å². The van der Waals surface area contributed by atoms with Gasteiger partial charge in [-0.3, -0.25) is 19.4 Å². The molecule has 0 radical (unpaired) electrons. The third-order valence-corrected chi connectivity index (χ3v) is 18.2. The summed E-state index contributed by atoms with van der Waals surface area (Å²) in [4.78, 5) is 45.3. The van der Waals surface area contributed by atoms with Gasteiger partial charge in [0.25, 0.3) is 17.0 Å². The highest BCUT2D eigenvalue weighted by atomic mass is 31.1. The average Bonchev–Trinajstić information content (AvgIpc) is 3.87. The van der Waals surface area contributed by atoms with Gasteiger partial charge in [-0.1, -0.05) is 176 Å². The molecule has 0 aliphatic carbocycles. The molecule has 1 amide bonds. The summed E-state index contributed by atoms with van der Waals surface area (Å²) in [5.41, 5.74) is 4.75. The van der Waals surface area contributed by atoms with Crippen molar-refractivity contribution in [2.45, 2.75) is 30.1 Å². The Morgan fingerprint density at radius 2 is 0.836 bits per heavy atom. The Labute approximate surface area is 356 Å². The average molecular weight is 837 g/mol. The molecule has 2 aliphatic heterocycles. The molecule has 10 heteroatoms. The van der Waals surface area contributed by atoms with Crippen molar-refractivity contribution in [3.8, 4) is 0 Å². The molecule has 1 N–H and O–H groups in total. The maximum Gasteiger partial charge on any atom is 0.274 e. The van der Waals surface area contributed by atoms with Crippen LogP contribution >= 0.6 is 15.8 Å². The number of carbonyl (C=O) groups excluding carboxylic acids is 1. The Morgan fingerprint density at radius 1 is 0.475 bits per heavy atom. The van der Waals surface area contributed by atoms with Gasteiger partial charge >= 0.3 is 0 Å². The van der Waals surface area contributed by atoms with E-state index in [0.717, 1.165) is 38.4 Å². The highest BCUT2D eigenvalue weighted by Gasteiger charge is 2.54. The predicted octanol–water partition coefficient (Wildman–Crippen LogP) is 9.21. The van der Waals surface area contributed by atoms with Gasteiger partial charge in [-0.25, -0.2) is 9.36 Å². The predicted molar refractivity (Wildman–Crippen MR) is 246 cm³/mol. The number of hydrogen-bond acceptors (Lipinski definition) is 5. The van der Waals surface area contributed by atoms with Gasteiger partial charge in [0.2, 0.25) is 0 Å². The highest BCUT2D eigenvalue weighted by Crippen LogP contribution is 2.71. The number of aliphatic hydroxyl groups excluding tert-OH is 1. The van der Waals surface area contributed by atoms with Crippen LogP contribution in [0.2, 0.25) is 0 Å². The standard InChI is InChI=1S/C51H42N4O4P2/c1-35-20-14-15-29-40(35)45(57)53-49(37-23-8-3-9-24-37)60(48(52(53)34-56)36-21-6-2-7-22-36)43-32-18-19-33-44(43)61-50(38-25-10-4-11-26-38)54-46(58)41-30-16-17-31-42(41)47(59)55(54)51(61)39-27-12-5-13-28-39/h2-33,48-51,56H,34H2,1H3/t48-,49-,50-,51-,60?/m1/s1. The van der Waals surface area contributed by atoms with E-state index in [2.05, 4.69) is 72.8 Å². The van der Waals surface area contributed by atoms with Crippen LogP contribution in [0.1, 0.15) is 61.3 Å². The summed E-state index contributed by atoms with van der Waals surface area (Å²) in [6, 6.07) is 63.6. The summed E-state index contributed by atoms with van der Waals surface area (Å²) in [5, 5.41) is 18.1. The Morgan fingerprint density at radius 3 is 1.28 bits per heavy atom. The van der Waals surface area contributed by atoms with Gasteiger partial charge in [0.05, 0.1) is 22.3 Å². The van der Waals surface area contributed by atoms with E-state index in [1.165, 1.54) is 0 Å². The van der Waals surface area contributed by atoms with Gasteiger partial charge in [0.15, 0.2) is 0 Å². The molecule has 2 aliphatic rings. The Bertz CT molecular complexity index is 2900. The zero-order valence-corrected chi connectivity index (χ0v) is 35.1. The Kier molecular flexibility index (Phi) is 10.4. The van der Waals surface area contributed by atoms with E-state index in [1.54, 1.807) is 26.5 Å². The molecule has 300 valence electrons. The van der Waals surface area contributed by atoms with Crippen LogP contribution in [0.3, 0.4) is 0 Å². The molecule has 1 aromatic heterocycles. The number of rotatable bonds is 8. The quantitative estimate of drug-likeness (QED) is 0.154. The highest BCUT2D eigenvalue weighted by molar-refractivity contribution is 7.72. The molecule has 10 rings (SSSR count). The number of aryl methyl sites for hydroxylation is 1. The van der Waals surface area contributed by atoms with E-state index < -0.39 is 45.7 Å². The summed E-state index contributed by atoms with van der Waals surface area (Å²) in [6.45, 7) is 1.54. The molecule has 3 heterocycles. The van der Waals surface area contributed by atoms with Gasteiger partial charge in [-0.15, -0.1) is 0 Å². The molecular formula is C51H42N4O4P2. The van der Waals surface area contributed by atoms with E-state index in [-0.39, 0.29) is 17.0 Å². The Hall–Kier alpha value is -6.27. The number of aromatic nitrogens is 2. The van der Waals surface area contributed by atoms with Gasteiger partial charge in [-0.05, 0) is 79.4 Å². The van der Waals surface area contributed by atoms with Crippen LogP contribution in [0, 0.1) is 6.92 Å². The Balaban J connectivity index is 1.28. The summed E-state index contributed by atoms with van der Waals surface area (Å²) >= 11 is 0. The molecule has 7 aromatic carbocycles. The topological polar surface area (TPSA) is 87.8 Å². The molecule has 1 saturated heterocycles. The second kappa shape index (κ2) is 16.3. The minimum atomic E-state index is -1.49. The number of carbonyl (C=O) groups is 1. The van der Waals surface area contributed by atoms with E-state index >= 15 is 14.4 Å². The molecular weight excluding hydrogens is 795 g/mol. The molecule has 1 unspecified atom stereocenters. The van der Waals surface area contributed by atoms with Crippen LogP contribution in [-0.2, 0) is 0 Å². The summed E-state index contributed by atoms with van der Waals surface area (Å²) < 4.78 is 3.47. The van der Waals surface area contributed by atoms with Crippen LogP contribution in [0.15, 0.2) is 204 Å². The lowest BCUT2D eigenvalue weighted by molar-refractivity contribution is -0.0618. The largest absolute Gasteiger partial charge is 0.379 e. The first kappa shape index (κ1) is 38.9. The molecule has 0 saturated carbocycles. The lowest BCUT2D eigenvalue weighted by Gasteiger charge is -2.33. The molecule has 61 heavy (non-hydrogen) atoms. The van der Waals surface area contributed by atoms with Gasteiger partial charge in [-0.2, -0.15) is 5.01 Å². The van der Waals surface area contributed by atoms with Crippen molar-refractivity contribution in [2.75, 3.05) is 6.73 Å². The number of fused-ring (bicyclic) bond motifs is 2.